The third-order valence-corrected chi connectivity index (χ3v) is 4.05. The van der Waals surface area contributed by atoms with Crippen LogP contribution in [0.5, 0.6) is 0 Å². The Morgan fingerprint density at radius 1 is 0.783 bits per heavy atom. The molecule has 0 rings (SSSR count). The first-order valence-corrected chi connectivity index (χ1v) is 9.45. The smallest absolute Gasteiger partial charge is 0.305 e. The number of carbonyl (C=O) groups is 2. The first kappa shape index (κ1) is 21.9. The van der Waals surface area contributed by atoms with Crippen molar-refractivity contribution >= 4 is 11.9 Å². The van der Waals surface area contributed by atoms with Crippen molar-refractivity contribution in [2.45, 2.75) is 91.4 Å². The molecule has 0 fully saturated rings. The summed E-state index contributed by atoms with van der Waals surface area (Å²) in [5, 5.41) is 0. The van der Waals surface area contributed by atoms with E-state index in [0.717, 1.165) is 25.7 Å². The molecule has 1 atom stereocenters. The van der Waals surface area contributed by atoms with E-state index in [1.807, 2.05) is 0 Å². The largest absolute Gasteiger partial charge is 0.466 e. The second-order valence-electron chi connectivity index (χ2n) is 6.23. The lowest BCUT2D eigenvalue weighted by molar-refractivity contribution is -0.146. The first-order valence-electron chi connectivity index (χ1n) is 9.45. The summed E-state index contributed by atoms with van der Waals surface area (Å²) in [6, 6.07) is 0. The molecule has 0 aliphatic carbocycles. The summed E-state index contributed by atoms with van der Waals surface area (Å²) in [6.45, 7) is 7.46. The van der Waals surface area contributed by atoms with Crippen LogP contribution in [0, 0.1) is 5.92 Å². The first-order chi connectivity index (χ1) is 11.1. The Balaban J connectivity index is 3.59. The summed E-state index contributed by atoms with van der Waals surface area (Å²) in [5.74, 6) is 0.0614. The minimum absolute atomic E-state index is 0.198. The molecular formula is C19H36O4. The van der Waals surface area contributed by atoms with Crippen molar-refractivity contribution in [3.05, 3.63) is 0 Å². The van der Waals surface area contributed by atoms with Crippen molar-refractivity contribution in [1.82, 2.24) is 0 Å². The molecule has 0 aromatic rings. The summed E-state index contributed by atoms with van der Waals surface area (Å²) in [7, 11) is 0. The molecule has 0 radical (unpaired) electrons. The Labute approximate surface area is 142 Å². The van der Waals surface area contributed by atoms with Gasteiger partial charge in [-0.25, -0.2) is 0 Å². The highest BCUT2D eigenvalue weighted by molar-refractivity contribution is 5.72. The van der Waals surface area contributed by atoms with Crippen LogP contribution in [0.1, 0.15) is 91.4 Å². The zero-order valence-electron chi connectivity index (χ0n) is 15.4. The molecule has 0 N–H and O–H groups in total. The maximum absolute atomic E-state index is 11.7. The Kier molecular flexibility index (Phi) is 15.1. The monoisotopic (exact) mass is 328 g/mol. The van der Waals surface area contributed by atoms with E-state index in [2.05, 4.69) is 20.8 Å². The molecule has 0 heterocycles. The SMILES string of the molecule is CCCCCCOC(=O)CCCC(=O)OCC(CC)CCCC. The molecule has 0 aromatic carbocycles. The zero-order valence-corrected chi connectivity index (χ0v) is 15.4. The van der Waals surface area contributed by atoms with Crippen molar-refractivity contribution in [3.8, 4) is 0 Å². The van der Waals surface area contributed by atoms with Gasteiger partial charge in [0.05, 0.1) is 13.2 Å². The normalized spacial score (nSPS) is 12.0. The summed E-state index contributed by atoms with van der Waals surface area (Å²) in [6.07, 6.45) is 10.0. The molecule has 0 saturated heterocycles. The predicted molar refractivity (Wildman–Crippen MR) is 93.2 cm³/mol. The van der Waals surface area contributed by atoms with Crippen molar-refractivity contribution in [1.29, 1.82) is 0 Å². The quantitative estimate of drug-likeness (QED) is 0.312. The van der Waals surface area contributed by atoms with Crippen molar-refractivity contribution in [2.24, 2.45) is 5.92 Å². The van der Waals surface area contributed by atoms with Crippen LogP contribution in [-0.2, 0) is 19.1 Å². The number of unbranched alkanes of at least 4 members (excludes halogenated alkanes) is 4. The zero-order chi connectivity index (χ0) is 17.3. The summed E-state index contributed by atoms with van der Waals surface area (Å²) in [5.41, 5.74) is 0. The van der Waals surface area contributed by atoms with Gasteiger partial charge < -0.3 is 9.47 Å². The topological polar surface area (TPSA) is 52.6 Å². The molecule has 0 aromatic heterocycles. The van der Waals surface area contributed by atoms with Crippen LogP contribution in [0.15, 0.2) is 0 Å². The fourth-order valence-electron chi connectivity index (χ4n) is 2.35. The Hall–Kier alpha value is -1.06. The molecule has 0 spiro atoms. The van der Waals surface area contributed by atoms with Gasteiger partial charge in [0.15, 0.2) is 0 Å². The molecule has 4 heteroatoms. The maximum atomic E-state index is 11.7. The standard InChI is InChI=1S/C19H36O4/c1-4-7-9-10-15-22-18(20)13-11-14-19(21)23-16-17(6-3)12-8-5-2/h17H,4-16H2,1-3H3. The lowest BCUT2D eigenvalue weighted by Gasteiger charge is -2.14. The average molecular weight is 328 g/mol. The van der Waals surface area contributed by atoms with Crippen molar-refractivity contribution in [2.75, 3.05) is 13.2 Å². The minimum atomic E-state index is -0.205. The third-order valence-electron chi connectivity index (χ3n) is 4.05. The third kappa shape index (κ3) is 14.3. The lowest BCUT2D eigenvalue weighted by Crippen LogP contribution is -2.14. The number of ether oxygens (including phenoxy) is 2. The van der Waals surface area contributed by atoms with Gasteiger partial charge in [-0.2, -0.15) is 0 Å². The molecule has 1 unspecified atom stereocenters. The van der Waals surface area contributed by atoms with Gasteiger partial charge in [-0.1, -0.05) is 59.3 Å². The maximum Gasteiger partial charge on any atom is 0.305 e. The highest BCUT2D eigenvalue weighted by Crippen LogP contribution is 2.13. The number of hydrogen-bond donors (Lipinski definition) is 0. The molecule has 0 aliphatic rings. The number of rotatable bonds is 15. The highest BCUT2D eigenvalue weighted by atomic mass is 16.5. The van der Waals surface area contributed by atoms with Crippen LogP contribution in [0.25, 0.3) is 0 Å². The molecule has 23 heavy (non-hydrogen) atoms. The van der Waals surface area contributed by atoms with Gasteiger partial charge in [0.25, 0.3) is 0 Å². The van der Waals surface area contributed by atoms with E-state index in [0.29, 0.717) is 38.4 Å². The number of esters is 2. The van der Waals surface area contributed by atoms with Crippen LogP contribution in [0.3, 0.4) is 0 Å². The predicted octanol–water partition coefficient (Wildman–Crippen LogP) is 5.04. The average Bonchev–Trinajstić information content (AvgIpc) is 2.55. The fourth-order valence-corrected chi connectivity index (χ4v) is 2.35. The van der Waals surface area contributed by atoms with E-state index in [1.54, 1.807) is 0 Å². The Bertz CT molecular complexity index is 302. The second kappa shape index (κ2) is 15.8. The summed E-state index contributed by atoms with van der Waals surface area (Å²) in [4.78, 5) is 23.2. The van der Waals surface area contributed by atoms with Gasteiger partial charge in [0, 0.05) is 12.8 Å². The van der Waals surface area contributed by atoms with Gasteiger partial charge in [0.2, 0.25) is 0 Å². The highest BCUT2D eigenvalue weighted by Gasteiger charge is 2.11. The summed E-state index contributed by atoms with van der Waals surface area (Å²) < 4.78 is 10.4. The summed E-state index contributed by atoms with van der Waals surface area (Å²) >= 11 is 0. The number of hydrogen-bond acceptors (Lipinski definition) is 4. The molecular weight excluding hydrogens is 292 g/mol. The van der Waals surface area contributed by atoms with Crippen molar-refractivity contribution < 1.29 is 19.1 Å². The van der Waals surface area contributed by atoms with E-state index in [-0.39, 0.29) is 11.9 Å². The van der Waals surface area contributed by atoms with E-state index in [9.17, 15) is 9.59 Å². The molecule has 0 aliphatic heterocycles. The fraction of sp³-hybridized carbons (Fsp3) is 0.895. The van der Waals surface area contributed by atoms with Gasteiger partial charge in [-0.3, -0.25) is 9.59 Å². The second-order valence-corrected chi connectivity index (χ2v) is 6.23. The van der Waals surface area contributed by atoms with E-state index >= 15 is 0 Å². The number of carbonyl (C=O) groups excluding carboxylic acids is 2. The van der Waals surface area contributed by atoms with Gasteiger partial charge in [0.1, 0.15) is 0 Å². The van der Waals surface area contributed by atoms with Crippen molar-refractivity contribution in [3.63, 3.8) is 0 Å². The minimum Gasteiger partial charge on any atom is -0.466 e. The molecule has 4 nitrogen and oxygen atoms in total. The van der Waals surface area contributed by atoms with Crippen LogP contribution < -0.4 is 0 Å². The lowest BCUT2D eigenvalue weighted by atomic mass is 10.0. The van der Waals surface area contributed by atoms with Crippen LogP contribution in [0.4, 0.5) is 0 Å². The van der Waals surface area contributed by atoms with E-state index in [4.69, 9.17) is 9.47 Å². The molecule has 0 saturated carbocycles. The van der Waals surface area contributed by atoms with Crippen LogP contribution >= 0.6 is 0 Å². The Morgan fingerprint density at radius 3 is 2.04 bits per heavy atom. The molecule has 0 amide bonds. The Morgan fingerprint density at radius 2 is 1.43 bits per heavy atom. The van der Waals surface area contributed by atoms with Crippen LogP contribution in [-0.4, -0.2) is 25.2 Å². The van der Waals surface area contributed by atoms with E-state index in [1.165, 1.54) is 25.7 Å². The van der Waals surface area contributed by atoms with E-state index < -0.39 is 0 Å². The van der Waals surface area contributed by atoms with Crippen LogP contribution in [0.2, 0.25) is 0 Å². The van der Waals surface area contributed by atoms with Gasteiger partial charge >= 0.3 is 11.9 Å². The molecule has 136 valence electrons. The molecule has 0 bridgehead atoms. The van der Waals surface area contributed by atoms with Gasteiger partial charge in [-0.15, -0.1) is 0 Å². The van der Waals surface area contributed by atoms with Gasteiger partial charge in [-0.05, 0) is 25.2 Å².